The van der Waals surface area contributed by atoms with Crippen molar-refractivity contribution in [3.8, 4) is 10.6 Å². The molecule has 1 aliphatic carbocycles. The first-order chi connectivity index (χ1) is 14.4. The van der Waals surface area contributed by atoms with Crippen LogP contribution < -0.4 is 5.32 Å². The summed E-state index contributed by atoms with van der Waals surface area (Å²) < 4.78 is 41.0. The van der Waals surface area contributed by atoms with Crippen molar-refractivity contribution in [2.45, 2.75) is 44.4 Å². The van der Waals surface area contributed by atoms with Gasteiger partial charge in [-0.1, -0.05) is 42.8 Å². The monoisotopic (exact) mass is 433 g/mol. The summed E-state index contributed by atoms with van der Waals surface area (Å²) in [4.78, 5) is 13.9. The van der Waals surface area contributed by atoms with E-state index in [1.807, 2.05) is 47.8 Å². The molecule has 1 saturated carbocycles. The third-order valence-corrected chi connectivity index (χ3v) is 6.30. The van der Waals surface area contributed by atoms with E-state index < -0.39 is 18.1 Å². The van der Waals surface area contributed by atoms with Crippen molar-refractivity contribution in [2.75, 3.05) is 0 Å². The van der Waals surface area contributed by atoms with Gasteiger partial charge in [0, 0.05) is 12.2 Å². The summed E-state index contributed by atoms with van der Waals surface area (Å²) >= 11 is 1.47. The number of alkyl halides is 3. The molecule has 4 nitrogen and oxygen atoms in total. The largest absolute Gasteiger partial charge is 0.391 e. The van der Waals surface area contributed by atoms with Crippen molar-refractivity contribution < 1.29 is 18.0 Å². The van der Waals surface area contributed by atoms with Crippen molar-refractivity contribution in [1.29, 1.82) is 0 Å². The minimum absolute atomic E-state index is 0.0677. The first-order valence-electron chi connectivity index (χ1n) is 9.93. The first-order valence-corrected chi connectivity index (χ1v) is 10.8. The van der Waals surface area contributed by atoms with E-state index in [9.17, 15) is 18.0 Å². The lowest BCUT2D eigenvalue weighted by molar-refractivity contribution is -0.183. The highest BCUT2D eigenvalue weighted by Gasteiger charge is 2.42. The minimum atomic E-state index is -4.22. The molecule has 30 heavy (non-hydrogen) atoms. The van der Waals surface area contributed by atoms with Gasteiger partial charge in [0.25, 0.3) is 5.91 Å². The summed E-state index contributed by atoms with van der Waals surface area (Å²) in [7, 11) is 0. The number of rotatable bonds is 5. The zero-order chi connectivity index (χ0) is 21.1. The molecule has 0 saturated heterocycles. The Morgan fingerprint density at radius 2 is 1.97 bits per heavy atom. The topological polar surface area (TPSA) is 46.9 Å². The number of halogens is 3. The van der Waals surface area contributed by atoms with Crippen molar-refractivity contribution in [1.82, 2.24) is 15.1 Å². The van der Waals surface area contributed by atoms with E-state index in [2.05, 4.69) is 10.4 Å². The maximum atomic E-state index is 13.1. The fourth-order valence-corrected chi connectivity index (χ4v) is 4.64. The first kappa shape index (κ1) is 20.7. The van der Waals surface area contributed by atoms with Crippen LogP contribution in [-0.4, -0.2) is 27.9 Å². The van der Waals surface area contributed by atoms with E-state index in [0.29, 0.717) is 30.6 Å². The summed E-state index contributed by atoms with van der Waals surface area (Å²) in [5, 5.41) is 9.34. The van der Waals surface area contributed by atoms with Gasteiger partial charge in [-0.15, -0.1) is 11.3 Å². The van der Waals surface area contributed by atoms with Gasteiger partial charge in [-0.05, 0) is 36.3 Å². The molecule has 1 aromatic carbocycles. The lowest BCUT2D eigenvalue weighted by atomic mass is 9.85. The van der Waals surface area contributed by atoms with Crippen LogP contribution in [-0.2, 0) is 6.54 Å². The van der Waals surface area contributed by atoms with E-state index in [4.69, 9.17) is 0 Å². The van der Waals surface area contributed by atoms with E-state index in [1.54, 1.807) is 10.9 Å². The molecule has 0 bridgehead atoms. The normalized spacial score (nSPS) is 19.6. The predicted octanol–water partition coefficient (Wildman–Crippen LogP) is 5.51. The summed E-state index contributed by atoms with van der Waals surface area (Å²) in [6.45, 7) is 0.506. The molecule has 158 valence electrons. The average molecular weight is 433 g/mol. The van der Waals surface area contributed by atoms with Crippen LogP contribution in [0.5, 0.6) is 0 Å². The molecule has 2 aromatic heterocycles. The zero-order valence-corrected chi connectivity index (χ0v) is 17.0. The Hall–Kier alpha value is -2.61. The van der Waals surface area contributed by atoms with E-state index in [0.717, 1.165) is 10.4 Å². The van der Waals surface area contributed by atoms with Crippen LogP contribution >= 0.6 is 11.3 Å². The summed E-state index contributed by atoms with van der Waals surface area (Å²) in [5.74, 6) is -1.72. The smallest absolute Gasteiger partial charge is 0.349 e. The van der Waals surface area contributed by atoms with Crippen LogP contribution in [0, 0.1) is 5.92 Å². The van der Waals surface area contributed by atoms with Gasteiger partial charge in [-0.3, -0.25) is 9.48 Å². The highest BCUT2D eigenvalue weighted by Crippen LogP contribution is 2.37. The van der Waals surface area contributed by atoms with Crippen LogP contribution in [0.15, 0.2) is 54.0 Å². The van der Waals surface area contributed by atoms with Crippen molar-refractivity contribution >= 4 is 17.2 Å². The second-order valence-corrected chi connectivity index (χ2v) is 8.58. The van der Waals surface area contributed by atoms with Crippen molar-refractivity contribution in [2.24, 2.45) is 5.92 Å². The molecule has 4 rings (SSSR count). The lowest BCUT2D eigenvalue weighted by Gasteiger charge is -2.31. The molecule has 1 aliphatic rings. The number of nitrogens with zero attached hydrogens (tertiary/aromatic N) is 2. The van der Waals surface area contributed by atoms with Gasteiger partial charge in [0.2, 0.25) is 0 Å². The third-order valence-electron chi connectivity index (χ3n) is 5.42. The van der Waals surface area contributed by atoms with Crippen molar-refractivity contribution in [3.05, 3.63) is 65.2 Å². The Labute approximate surface area is 176 Å². The number of hydrogen-bond donors (Lipinski definition) is 1. The number of amides is 1. The van der Waals surface area contributed by atoms with Crippen LogP contribution in [0.2, 0.25) is 0 Å². The zero-order valence-electron chi connectivity index (χ0n) is 16.2. The number of carbonyl (C=O) groups excluding carboxylic acids is 1. The Morgan fingerprint density at radius 3 is 2.67 bits per heavy atom. The molecule has 2 atom stereocenters. The molecule has 1 fully saturated rings. The lowest BCUT2D eigenvalue weighted by Crippen LogP contribution is -2.41. The molecule has 0 spiro atoms. The van der Waals surface area contributed by atoms with Gasteiger partial charge < -0.3 is 5.32 Å². The quantitative estimate of drug-likeness (QED) is 0.577. The maximum absolute atomic E-state index is 13.1. The molecule has 1 amide bonds. The third kappa shape index (κ3) is 4.75. The van der Waals surface area contributed by atoms with Crippen molar-refractivity contribution in [3.63, 3.8) is 0 Å². The van der Waals surface area contributed by atoms with Gasteiger partial charge in [-0.25, -0.2) is 0 Å². The molecule has 0 radical (unpaired) electrons. The number of thiophene rings is 1. The van der Waals surface area contributed by atoms with Gasteiger partial charge in [0.1, 0.15) is 5.69 Å². The van der Waals surface area contributed by atoms with Gasteiger partial charge in [0.05, 0.1) is 22.9 Å². The summed E-state index contributed by atoms with van der Waals surface area (Å²) in [5.41, 5.74) is 1.99. The molecule has 3 aromatic rings. The van der Waals surface area contributed by atoms with E-state index in [1.165, 1.54) is 11.3 Å². The van der Waals surface area contributed by atoms with Crippen LogP contribution in [0.25, 0.3) is 10.6 Å². The van der Waals surface area contributed by atoms with E-state index in [-0.39, 0.29) is 18.7 Å². The van der Waals surface area contributed by atoms with Gasteiger partial charge in [0.15, 0.2) is 0 Å². The number of nitrogens with one attached hydrogen (secondary N) is 1. The maximum Gasteiger partial charge on any atom is 0.391 e. The fraction of sp³-hybridized carbons (Fsp3) is 0.364. The second-order valence-electron chi connectivity index (χ2n) is 7.63. The second kappa shape index (κ2) is 8.63. The fourth-order valence-electron chi connectivity index (χ4n) is 3.92. The predicted molar refractivity (Wildman–Crippen MR) is 110 cm³/mol. The van der Waals surface area contributed by atoms with Crippen LogP contribution in [0.1, 0.15) is 41.6 Å². The SMILES string of the molecule is O=C(NC1CCCC(C(F)(F)F)C1)c1cn(Cc2ccccc2)nc1-c1cccs1. The standard InChI is InChI=1S/C22H22F3N3OS/c23-22(24,25)16-8-4-9-17(12-16)26-21(29)18-14-28(13-15-6-2-1-3-7-15)27-20(18)19-10-5-11-30-19/h1-3,5-7,10-11,14,16-17H,4,8-9,12-13H2,(H,26,29). The molecule has 8 heteroatoms. The number of aromatic nitrogens is 2. The Bertz CT molecular complexity index is 983. The number of carbonyl (C=O) groups is 1. The van der Waals surface area contributed by atoms with Gasteiger partial charge in [-0.2, -0.15) is 18.3 Å². The molecule has 2 heterocycles. The molecule has 0 aliphatic heterocycles. The highest BCUT2D eigenvalue weighted by atomic mass is 32.1. The molecule has 2 unspecified atom stereocenters. The van der Waals surface area contributed by atoms with Gasteiger partial charge >= 0.3 is 6.18 Å². The number of benzene rings is 1. The summed E-state index contributed by atoms with van der Waals surface area (Å²) in [6, 6.07) is 13.0. The average Bonchev–Trinajstić information content (AvgIpc) is 3.38. The Balaban J connectivity index is 1.55. The molecular weight excluding hydrogens is 411 g/mol. The highest BCUT2D eigenvalue weighted by molar-refractivity contribution is 7.13. The minimum Gasteiger partial charge on any atom is -0.349 e. The Morgan fingerprint density at radius 1 is 1.17 bits per heavy atom. The Kier molecular flexibility index (Phi) is 5.94. The van der Waals surface area contributed by atoms with Crippen LogP contribution in [0.3, 0.4) is 0 Å². The number of hydrogen-bond acceptors (Lipinski definition) is 3. The van der Waals surface area contributed by atoms with E-state index >= 15 is 0 Å². The summed E-state index contributed by atoms with van der Waals surface area (Å²) in [6.07, 6.45) is -1.45. The van der Waals surface area contributed by atoms with Crippen LogP contribution in [0.4, 0.5) is 13.2 Å². The molecular formula is C22H22F3N3OS. The molecule has 1 N–H and O–H groups in total.